The molecule has 0 N–H and O–H groups in total. The van der Waals surface area contributed by atoms with Gasteiger partial charge in [0.05, 0.1) is 11.4 Å². The Morgan fingerprint density at radius 3 is 0.878 bits per heavy atom. The van der Waals surface area contributed by atoms with Crippen LogP contribution in [0.25, 0.3) is 86.9 Å². The Morgan fingerprint density at radius 1 is 0.257 bits per heavy atom. The van der Waals surface area contributed by atoms with Crippen molar-refractivity contribution in [1.29, 1.82) is 0 Å². The van der Waals surface area contributed by atoms with Crippen molar-refractivity contribution in [1.82, 2.24) is 0 Å². The van der Waals surface area contributed by atoms with Gasteiger partial charge in [-0.25, -0.2) is 0 Å². The highest BCUT2D eigenvalue weighted by Crippen LogP contribution is 2.57. The first-order valence-electron chi connectivity index (χ1n) is 26.3. The van der Waals surface area contributed by atoms with Gasteiger partial charge >= 0.3 is 0 Å². The first-order chi connectivity index (χ1) is 35.8. The molecular formula is C72H60N2. The van der Waals surface area contributed by atoms with Crippen LogP contribution in [0, 0.1) is 13.8 Å². The van der Waals surface area contributed by atoms with Crippen molar-refractivity contribution in [2.24, 2.45) is 0 Å². The zero-order chi connectivity index (χ0) is 50.6. The lowest BCUT2D eigenvalue weighted by atomic mass is 9.87. The van der Waals surface area contributed by atoms with E-state index < -0.39 is 0 Å². The molecule has 2 heteroatoms. The number of fused-ring (bicyclic) bond motifs is 6. The van der Waals surface area contributed by atoms with Gasteiger partial charge in [-0.1, -0.05) is 210 Å². The van der Waals surface area contributed by atoms with E-state index >= 15 is 0 Å². The van der Waals surface area contributed by atoms with Crippen molar-refractivity contribution >= 4 is 98.8 Å². The molecule has 0 fully saturated rings. The average molecular weight is 953 g/mol. The minimum Gasteiger partial charge on any atom is -0.310 e. The Bertz CT molecular complexity index is 3880. The summed E-state index contributed by atoms with van der Waals surface area (Å²) in [6, 6.07) is 82.5. The van der Waals surface area contributed by atoms with Gasteiger partial charge in [0, 0.05) is 33.5 Å². The standard InChI is InChI=1S/C72H60N2/c1-45-25-33-51(34-26-45)73(53-37-29-49(30-38-53)71(3,4)5)61-43-41-59-65-55(61)21-15-23-57(65)67-63(47-17-11-9-12-18-47)70-60-42-44-62(74(52-35-27-46(2)28-36-52)54-39-31-50(32-40-54)72(6,7)8)56-22-16-24-58(66(56)60)68(70)64(69(59)67)48-19-13-10-14-20-48/h9-44H,1-8H3. The third-order valence-corrected chi connectivity index (χ3v) is 15.8. The van der Waals surface area contributed by atoms with Crippen LogP contribution in [-0.4, -0.2) is 0 Å². The summed E-state index contributed by atoms with van der Waals surface area (Å²) < 4.78 is 0. The summed E-state index contributed by atoms with van der Waals surface area (Å²) >= 11 is 0. The van der Waals surface area contributed by atoms with Crippen LogP contribution in [0.4, 0.5) is 34.1 Å². The Morgan fingerprint density at radius 2 is 0.554 bits per heavy atom. The summed E-state index contributed by atoms with van der Waals surface area (Å²) in [4.78, 5) is 4.92. The summed E-state index contributed by atoms with van der Waals surface area (Å²) in [6.45, 7) is 18.0. The third kappa shape index (κ3) is 7.22. The van der Waals surface area contributed by atoms with Gasteiger partial charge in [0.25, 0.3) is 0 Å². The molecule has 0 radical (unpaired) electrons. The molecule has 358 valence electrons. The van der Waals surface area contributed by atoms with Gasteiger partial charge in [-0.2, -0.15) is 0 Å². The van der Waals surface area contributed by atoms with Crippen molar-refractivity contribution in [3.8, 4) is 22.3 Å². The molecule has 0 aliphatic carbocycles. The second-order valence-corrected chi connectivity index (χ2v) is 22.6. The van der Waals surface area contributed by atoms with Crippen molar-refractivity contribution < 1.29 is 0 Å². The molecule has 0 amide bonds. The second kappa shape index (κ2) is 17.1. The Labute approximate surface area is 435 Å². The number of hydrogen-bond donors (Lipinski definition) is 0. The van der Waals surface area contributed by atoms with E-state index in [4.69, 9.17) is 0 Å². The van der Waals surface area contributed by atoms with Gasteiger partial charge in [-0.05, 0) is 173 Å². The van der Waals surface area contributed by atoms with E-state index in [2.05, 4.69) is 284 Å². The smallest absolute Gasteiger partial charge is 0.0540 e. The maximum Gasteiger partial charge on any atom is 0.0540 e. The summed E-state index contributed by atoms with van der Waals surface area (Å²) in [7, 11) is 0. The Kier molecular flexibility index (Phi) is 10.5. The molecule has 0 spiro atoms. The molecule has 13 aromatic rings. The maximum absolute atomic E-state index is 2.46. The number of nitrogens with zero attached hydrogens (tertiary/aromatic N) is 2. The van der Waals surface area contributed by atoms with Gasteiger partial charge in [-0.15, -0.1) is 0 Å². The molecule has 2 nitrogen and oxygen atoms in total. The predicted octanol–water partition coefficient (Wildman–Crippen LogP) is 21.0. The predicted molar refractivity (Wildman–Crippen MR) is 321 cm³/mol. The topological polar surface area (TPSA) is 6.48 Å². The van der Waals surface area contributed by atoms with E-state index in [9.17, 15) is 0 Å². The molecule has 0 unspecified atom stereocenters. The lowest BCUT2D eigenvalue weighted by Gasteiger charge is -2.28. The minimum absolute atomic E-state index is 0.0449. The van der Waals surface area contributed by atoms with Crippen molar-refractivity contribution in [3.05, 3.63) is 241 Å². The summed E-state index contributed by atoms with van der Waals surface area (Å²) in [6.07, 6.45) is 0. The zero-order valence-corrected chi connectivity index (χ0v) is 43.7. The van der Waals surface area contributed by atoms with E-state index in [0.29, 0.717) is 0 Å². The maximum atomic E-state index is 2.46. The number of hydrogen-bond acceptors (Lipinski definition) is 2. The minimum atomic E-state index is 0.0449. The summed E-state index contributed by atoms with van der Waals surface area (Å²) in [5.41, 5.74) is 17.1. The van der Waals surface area contributed by atoms with Crippen LogP contribution in [0.2, 0.25) is 0 Å². The van der Waals surface area contributed by atoms with E-state index in [-0.39, 0.29) is 10.8 Å². The van der Waals surface area contributed by atoms with Crippen molar-refractivity contribution in [2.45, 2.75) is 66.2 Å². The largest absolute Gasteiger partial charge is 0.310 e. The van der Waals surface area contributed by atoms with Gasteiger partial charge in [0.15, 0.2) is 0 Å². The van der Waals surface area contributed by atoms with Gasteiger partial charge in [0.1, 0.15) is 0 Å². The SMILES string of the molecule is Cc1ccc(N(c2ccc(C(C)(C)C)cc2)c2ccc3c4c(-c5ccccc5)c5c6cccc7c(N(c8ccc(C)cc8)c8ccc(C(C)(C)C)cc8)ccc(c5c(-c5ccccc5)c4c4cccc2c43)c76)cc1. The molecule has 0 aliphatic rings. The van der Waals surface area contributed by atoms with E-state index in [1.54, 1.807) is 0 Å². The van der Waals surface area contributed by atoms with Crippen LogP contribution in [-0.2, 0) is 10.8 Å². The van der Waals surface area contributed by atoms with E-state index in [1.165, 1.54) is 109 Å². The number of rotatable bonds is 8. The monoisotopic (exact) mass is 952 g/mol. The van der Waals surface area contributed by atoms with Crippen LogP contribution in [0.15, 0.2) is 218 Å². The molecule has 0 heterocycles. The lowest BCUT2D eigenvalue weighted by molar-refractivity contribution is 0.590. The van der Waals surface area contributed by atoms with E-state index in [1.807, 2.05) is 0 Å². The first kappa shape index (κ1) is 45.4. The molecule has 74 heavy (non-hydrogen) atoms. The van der Waals surface area contributed by atoms with Crippen molar-refractivity contribution in [3.63, 3.8) is 0 Å². The third-order valence-electron chi connectivity index (χ3n) is 15.8. The highest BCUT2D eigenvalue weighted by molar-refractivity contribution is 6.47. The van der Waals surface area contributed by atoms with Crippen molar-refractivity contribution in [2.75, 3.05) is 9.80 Å². The van der Waals surface area contributed by atoms with Crippen LogP contribution in [0.3, 0.4) is 0 Å². The fraction of sp³-hybridized carbons (Fsp3) is 0.139. The van der Waals surface area contributed by atoms with Crippen LogP contribution < -0.4 is 9.80 Å². The van der Waals surface area contributed by atoms with Gasteiger partial charge in [0.2, 0.25) is 0 Å². The molecule has 0 saturated carbocycles. The number of anilines is 6. The summed E-state index contributed by atoms with van der Waals surface area (Å²) in [5.74, 6) is 0. The lowest BCUT2D eigenvalue weighted by Crippen LogP contribution is -2.13. The number of aryl methyl sites for hydroxylation is 2. The molecule has 0 bridgehead atoms. The van der Waals surface area contributed by atoms with Crippen LogP contribution in [0.1, 0.15) is 63.8 Å². The first-order valence-corrected chi connectivity index (χ1v) is 26.3. The van der Waals surface area contributed by atoms with Gasteiger partial charge < -0.3 is 9.80 Å². The molecule has 13 rings (SSSR count). The van der Waals surface area contributed by atoms with Crippen LogP contribution >= 0.6 is 0 Å². The second-order valence-electron chi connectivity index (χ2n) is 22.6. The molecule has 0 aliphatic heterocycles. The number of benzene rings is 11. The Balaban J connectivity index is 1.15. The Hall–Kier alpha value is -8.46. The quantitative estimate of drug-likeness (QED) is 0.150. The highest BCUT2D eigenvalue weighted by atomic mass is 15.1. The molecule has 0 saturated heterocycles. The highest BCUT2D eigenvalue weighted by Gasteiger charge is 2.30. The average Bonchev–Trinajstić information content (AvgIpc) is 3.93. The normalized spacial score (nSPS) is 12.3. The fourth-order valence-corrected chi connectivity index (χ4v) is 12.1. The summed E-state index contributed by atoms with van der Waals surface area (Å²) in [5, 5.41) is 15.3. The molecule has 0 atom stereocenters. The molecular weight excluding hydrogens is 893 g/mol. The van der Waals surface area contributed by atoms with Gasteiger partial charge in [-0.3, -0.25) is 0 Å². The van der Waals surface area contributed by atoms with Crippen LogP contribution in [0.5, 0.6) is 0 Å². The zero-order valence-electron chi connectivity index (χ0n) is 43.7. The fourth-order valence-electron chi connectivity index (χ4n) is 12.1. The van der Waals surface area contributed by atoms with E-state index in [0.717, 1.165) is 34.1 Å². The molecule has 13 aromatic carbocycles. The molecule has 0 aromatic heterocycles.